The molecular weight excluding hydrogens is 426 g/mol. The monoisotopic (exact) mass is 463 g/mol. The van der Waals surface area contributed by atoms with Gasteiger partial charge in [-0.15, -0.1) is 0 Å². The van der Waals surface area contributed by atoms with Crippen molar-refractivity contribution in [2.75, 3.05) is 43.0 Å². The van der Waals surface area contributed by atoms with E-state index in [1.807, 2.05) is 48.2 Å². The van der Waals surface area contributed by atoms with Crippen molar-refractivity contribution in [1.29, 1.82) is 0 Å². The minimum Gasteiger partial charge on any atom is -0.484 e. The van der Waals surface area contributed by atoms with Gasteiger partial charge in [0.2, 0.25) is 5.91 Å². The molecule has 2 aliphatic rings. The summed E-state index contributed by atoms with van der Waals surface area (Å²) < 4.78 is 5.70. The number of anilines is 2. The van der Waals surface area contributed by atoms with E-state index in [1.165, 1.54) is 37.7 Å². The molecule has 6 heteroatoms. The summed E-state index contributed by atoms with van der Waals surface area (Å²) in [4.78, 5) is 28.7. The molecule has 0 bridgehead atoms. The zero-order valence-corrected chi connectivity index (χ0v) is 20.3. The zero-order chi connectivity index (χ0) is 23.8. The van der Waals surface area contributed by atoms with Crippen molar-refractivity contribution < 1.29 is 14.3 Å². The molecule has 1 heterocycles. The molecule has 2 aromatic carbocycles. The van der Waals surface area contributed by atoms with Gasteiger partial charge in [-0.25, -0.2) is 0 Å². The molecule has 1 saturated heterocycles. The number of carbonyl (C=O) groups is 2. The summed E-state index contributed by atoms with van der Waals surface area (Å²) >= 11 is 0. The van der Waals surface area contributed by atoms with Gasteiger partial charge in [-0.2, -0.15) is 0 Å². The van der Waals surface area contributed by atoms with Crippen molar-refractivity contribution in [1.82, 2.24) is 4.90 Å². The predicted octanol–water partition coefficient (Wildman–Crippen LogP) is 5.20. The maximum absolute atomic E-state index is 12.4. The summed E-state index contributed by atoms with van der Waals surface area (Å²) in [6.45, 7) is 5.20. The summed E-state index contributed by atoms with van der Waals surface area (Å²) in [5, 5.41) is 2.91. The van der Waals surface area contributed by atoms with Gasteiger partial charge in [0.25, 0.3) is 5.91 Å². The van der Waals surface area contributed by atoms with E-state index in [0.29, 0.717) is 12.3 Å². The second kappa shape index (κ2) is 11.9. The van der Waals surface area contributed by atoms with Gasteiger partial charge in [0.1, 0.15) is 5.75 Å². The van der Waals surface area contributed by atoms with Crippen LogP contribution in [0.5, 0.6) is 5.75 Å². The van der Waals surface area contributed by atoms with Crippen molar-refractivity contribution in [2.24, 2.45) is 0 Å². The van der Waals surface area contributed by atoms with Crippen LogP contribution in [0.1, 0.15) is 63.4 Å². The molecule has 1 N–H and O–H groups in total. The van der Waals surface area contributed by atoms with E-state index < -0.39 is 0 Å². The highest BCUT2D eigenvalue weighted by Gasteiger charge is 2.20. The number of carbonyl (C=O) groups excluding carboxylic acids is 2. The number of hydrogen-bond donors (Lipinski definition) is 1. The Hall–Kier alpha value is -3.02. The average Bonchev–Trinajstić information content (AvgIpc) is 2.89. The maximum Gasteiger partial charge on any atom is 0.262 e. The third-order valence-electron chi connectivity index (χ3n) is 6.94. The Labute approximate surface area is 203 Å². The van der Waals surface area contributed by atoms with Crippen molar-refractivity contribution >= 4 is 23.2 Å². The first-order chi connectivity index (χ1) is 16.6. The Morgan fingerprint density at radius 1 is 0.912 bits per heavy atom. The quantitative estimate of drug-likeness (QED) is 0.584. The van der Waals surface area contributed by atoms with Gasteiger partial charge in [-0.05, 0) is 67.1 Å². The standard InChI is InChI=1S/C28H37N3O3/c1-2-6-28(33)31-19-17-30(18-20-31)25-13-11-24(12-14-25)29-27(32)21-34-26-15-9-23(10-16-26)22-7-4-3-5-8-22/h9-16,22H,2-8,17-21H2,1H3,(H,29,32). The van der Waals surface area contributed by atoms with Crippen LogP contribution in [0.3, 0.4) is 0 Å². The van der Waals surface area contributed by atoms with Crippen LogP contribution < -0.4 is 15.0 Å². The van der Waals surface area contributed by atoms with Gasteiger partial charge in [0.05, 0.1) is 0 Å². The van der Waals surface area contributed by atoms with Gasteiger partial charge in [0, 0.05) is 44.0 Å². The molecule has 1 aliphatic heterocycles. The van der Waals surface area contributed by atoms with Crippen molar-refractivity contribution in [3.8, 4) is 5.75 Å². The fourth-order valence-electron chi connectivity index (χ4n) is 4.96. The van der Waals surface area contributed by atoms with Crippen LogP contribution in [-0.4, -0.2) is 49.5 Å². The number of benzene rings is 2. The van der Waals surface area contributed by atoms with Crippen LogP contribution in [0.15, 0.2) is 48.5 Å². The average molecular weight is 464 g/mol. The van der Waals surface area contributed by atoms with E-state index in [9.17, 15) is 9.59 Å². The highest BCUT2D eigenvalue weighted by molar-refractivity contribution is 5.92. The smallest absolute Gasteiger partial charge is 0.262 e. The molecule has 6 nitrogen and oxygen atoms in total. The normalized spacial score (nSPS) is 16.9. The summed E-state index contributed by atoms with van der Waals surface area (Å²) in [6.07, 6.45) is 8.07. The molecule has 0 atom stereocenters. The first kappa shape index (κ1) is 24.1. The minimum atomic E-state index is -0.174. The number of nitrogens with one attached hydrogen (secondary N) is 1. The topological polar surface area (TPSA) is 61.9 Å². The second-order valence-corrected chi connectivity index (χ2v) is 9.41. The lowest BCUT2D eigenvalue weighted by atomic mass is 9.84. The highest BCUT2D eigenvalue weighted by Crippen LogP contribution is 2.33. The molecule has 1 aliphatic carbocycles. The summed E-state index contributed by atoms with van der Waals surface area (Å²) in [6, 6.07) is 16.1. The molecule has 0 aromatic heterocycles. The largest absolute Gasteiger partial charge is 0.484 e. The van der Waals surface area contributed by atoms with E-state index in [0.717, 1.165) is 49.7 Å². The second-order valence-electron chi connectivity index (χ2n) is 9.41. The fraction of sp³-hybridized carbons (Fsp3) is 0.500. The molecule has 0 unspecified atom stereocenters. The minimum absolute atomic E-state index is 0.0156. The number of ether oxygens (including phenoxy) is 1. The van der Waals surface area contributed by atoms with E-state index >= 15 is 0 Å². The molecule has 1 saturated carbocycles. The molecule has 4 rings (SSSR count). The van der Waals surface area contributed by atoms with Gasteiger partial charge in [-0.1, -0.05) is 38.3 Å². The lowest BCUT2D eigenvalue weighted by molar-refractivity contribution is -0.131. The maximum atomic E-state index is 12.4. The van der Waals surface area contributed by atoms with Crippen LogP contribution in [0.2, 0.25) is 0 Å². The Morgan fingerprint density at radius 3 is 2.24 bits per heavy atom. The molecule has 34 heavy (non-hydrogen) atoms. The Kier molecular flexibility index (Phi) is 8.45. The van der Waals surface area contributed by atoms with Gasteiger partial charge < -0.3 is 19.9 Å². The zero-order valence-electron chi connectivity index (χ0n) is 20.3. The van der Waals surface area contributed by atoms with Crippen molar-refractivity contribution in [3.05, 3.63) is 54.1 Å². The predicted molar refractivity (Wildman–Crippen MR) is 137 cm³/mol. The highest BCUT2D eigenvalue weighted by atomic mass is 16.5. The number of nitrogens with zero attached hydrogens (tertiary/aromatic N) is 2. The molecule has 2 amide bonds. The number of amides is 2. The molecule has 2 fully saturated rings. The SMILES string of the molecule is CCCC(=O)N1CCN(c2ccc(NC(=O)COc3ccc(C4CCCCC4)cc3)cc2)CC1. The van der Waals surface area contributed by atoms with Crippen LogP contribution in [0.4, 0.5) is 11.4 Å². The van der Waals surface area contributed by atoms with Crippen molar-refractivity contribution in [3.63, 3.8) is 0 Å². The lowest BCUT2D eigenvalue weighted by Crippen LogP contribution is -2.48. The third kappa shape index (κ3) is 6.52. The fourth-order valence-corrected chi connectivity index (χ4v) is 4.96. The molecule has 0 radical (unpaired) electrons. The third-order valence-corrected chi connectivity index (χ3v) is 6.94. The Morgan fingerprint density at radius 2 is 1.59 bits per heavy atom. The molecular formula is C28H37N3O3. The Balaban J connectivity index is 1.21. The van der Waals surface area contributed by atoms with E-state index in [1.54, 1.807) is 0 Å². The van der Waals surface area contributed by atoms with E-state index in [2.05, 4.69) is 22.3 Å². The molecule has 182 valence electrons. The lowest BCUT2D eigenvalue weighted by Gasteiger charge is -2.36. The summed E-state index contributed by atoms with van der Waals surface area (Å²) in [7, 11) is 0. The van der Waals surface area contributed by atoms with Crippen molar-refractivity contribution in [2.45, 2.75) is 57.8 Å². The van der Waals surface area contributed by atoms with Crippen LogP contribution in [-0.2, 0) is 9.59 Å². The van der Waals surface area contributed by atoms with Crippen LogP contribution in [0.25, 0.3) is 0 Å². The number of piperazine rings is 1. The van der Waals surface area contributed by atoms with Gasteiger partial charge >= 0.3 is 0 Å². The van der Waals surface area contributed by atoms with E-state index in [4.69, 9.17) is 4.74 Å². The molecule has 0 spiro atoms. The number of hydrogen-bond acceptors (Lipinski definition) is 4. The van der Waals surface area contributed by atoms with Crippen LogP contribution >= 0.6 is 0 Å². The van der Waals surface area contributed by atoms with E-state index in [-0.39, 0.29) is 18.4 Å². The van der Waals surface area contributed by atoms with Gasteiger partial charge in [-0.3, -0.25) is 9.59 Å². The Bertz CT molecular complexity index is 928. The van der Waals surface area contributed by atoms with Gasteiger partial charge in [0.15, 0.2) is 6.61 Å². The molecule has 2 aromatic rings. The first-order valence-electron chi connectivity index (χ1n) is 12.8. The first-order valence-corrected chi connectivity index (χ1v) is 12.8. The summed E-state index contributed by atoms with van der Waals surface area (Å²) in [5.41, 5.74) is 3.24. The summed E-state index contributed by atoms with van der Waals surface area (Å²) in [5.74, 6) is 1.47. The number of rotatable bonds is 8. The van der Waals surface area contributed by atoms with Crippen LogP contribution in [0, 0.1) is 0 Å².